The largest absolute Gasteiger partial charge is 0.462 e. The lowest BCUT2D eigenvalue weighted by atomic mass is 10.1. The van der Waals surface area contributed by atoms with Gasteiger partial charge in [-0.15, -0.1) is 0 Å². The molecule has 6 heteroatoms. The van der Waals surface area contributed by atoms with Gasteiger partial charge in [0, 0.05) is 19.3 Å². The minimum absolute atomic E-state index is 0.0823. The van der Waals surface area contributed by atoms with Crippen LogP contribution in [0.4, 0.5) is 0 Å². The topological polar surface area (TPSA) is 78.9 Å². The summed E-state index contributed by atoms with van der Waals surface area (Å²) < 4.78 is 16.7. The predicted molar refractivity (Wildman–Crippen MR) is 302 cm³/mol. The molecule has 1 atom stereocenters. The third-order valence-electron chi connectivity index (χ3n) is 12.3. The van der Waals surface area contributed by atoms with Gasteiger partial charge in [0.2, 0.25) is 0 Å². The molecule has 0 bridgehead atoms. The summed E-state index contributed by atoms with van der Waals surface area (Å²) in [5.41, 5.74) is 0. The predicted octanol–water partition coefficient (Wildman–Crippen LogP) is 19.7. The Kier molecular flexibility index (Phi) is 54.9. The van der Waals surface area contributed by atoms with Crippen molar-refractivity contribution in [2.75, 3.05) is 13.2 Å². The van der Waals surface area contributed by atoms with Crippen LogP contribution in [0.25, 0.3) is 0 Å². The second-order valence-corrected chi connectivity index (χ2v) is 19.2. The Bertz CT molecular complexity index is 1400. The average molecular weight is 974 g/mol. The first-order chi connectivity index (χ1) is 34.5. The molecule has 0 N–H and O–H groups in total. The van der Waals surface area contributed by atoms with E-state index in [1.807, 2.05) is 0 Å². The van der Waals surface area contributed by atoms with Gasteiger partial charge in [0.15, 0.2) is 6.10 Å². The lowest BCUT2D eigenvalue weighted by molar-refractivity contribution is -0.167. The van der Waals surface area contributed by atoms with E-state index in [2.05, 4.69) is 118 Å². The minimum Gasteiger partial charge on any atom is -0.462 e. The Morgan fingerprint density at radius 1 is 0.300 bits per heavy atom. The molecule has 0 aromatic heterocycles. The van der Waals surface area contributed by atoms with Crippen molar-refractivity contribution in [3.63, 3.8) is 0 Å². The molecule has 0 radical (unpaired) electrons. The lowest BCUT2D eigenvalue weighted by Gasteiger charge is -2.18. The van der Waals surface area contributed by atoms with Crippen LogP contribution < -0.4 is 0 Å². The van der Waals surface area contributed by atoms with Crippen LogP contribution in [0.15, 0.2) is 97.2 Å². The maximum atomic E-state index is 12.8. The van der Waals surface area contributed by atoms with Crippen molar-refractivity contribution in [3.8, 4) is 0 Å². The summed E-state index contributed by atoms with van der Waals surface area (Å²) in [7, 11) is 0. The Labute approximate surface area is 432 Å². The molecule has 0 amide bonds. The number of rotatable bonds is 52. The first-order valence-electron chi connectivity index (χ1n) is 29.2. The highest BCUT2D eigenvalue weighted by Gasteiger charge is 2.19. The Morgan fingerprint density at radius 2 is 0.557 bits per heavy atom. The molecule has 0 aliphatic heterocycles. The standard InChI is InChI=1S/C64H108O6/c1-4-7-10-13-15-17-19-21-23-25-26-27-28-29-30-31-32-33-34-35-36-37-38-39-41-42-44-46-48-51-54-57-63(66)69-60-61(59-68-62(65)56-53-50-12-9-6-3)70-64(67)58-55-52-49-47-45-43-40-24-22-20-18-16-14-11-8-5-2/h7,10,15,17,21,23-24,26-27,29-30,32-33,35-36,40,61H,4-6,8-9,11-14,16,18-20,22,25,28,31,34,37-39,41-60H2,1-3H3/b10-7-,17-15-,23-21-,27-26-,30-29-,33-32-,36-35-,40-24-. The first-order valence-corrected chi connectivity index (χ1v) is 29.2. The van der Waals surface area contributed by atoms with Gasteiger partial charge < -0.3 is 14.2 Å². The number of hydrogen-bond donors (Lipinski definition) is 0. The molecule has 0 heterocycles. The molecule has 0 aromatic carbocycles. The zero-order chi connectivity index (χ0) is 50.7. The van der Waals surface area contributed by atoms with Gasteiger partial charge in [-0.05, 0) is 103 Å². The number of hydrogen-bond acceptors (Lipinski definition) is 6. The van der Waals surface area contributed by atoms with Crippen molar-refractivity contribution >= 4 is 17.9 Å². The van der Waals surface area contributed by atoms with E-state index in [1.165, 1.54) is 103 Å². The maximum absolute atomic E-state index is 12.8. The number of carbonyl (C=O) groups is 3. The zero-order valence-electron chi connectivity index (χ0n) is 45.8. The molecular formula is C64H108O6. The Balaban J connectivity index is 4.08. The van der Waals surface area contributed by atoms with Crippen LogP contribution in [0, 0.1) is 0 Å². The van der Waals surface area contributed by atoms with Gasteiger partial charge in [-0.3, -0.25) is 14.4 Å². The van der Waals surface area contributed by atoms with Crippen LogP contribution in [-0.2, 0) is 28.6 Å². The fourth-order valence-corrected chi connectivity index (χ4v) is 7.95. The summed E-state index contributed by atoms with van der Waals surface area (Å²) in [6, 6.07) is 0. The van der Waals surface area contributed by atoms with Crippen LogP contribution in [0.3, 0.4) is 0 Å². The molecule has 0 saturated heterocycles. The molecule has 70 heavy (non-hydrogen) atoms. The van der Waals surface area contributed by atoms with Crippen molar-refractivity contribution < 1.29 is 28.6 Å². The van der Waals surface area contributed by atoms with E-state index in [0.717, 1.165) is 128 Å². The molecule has 0 rings (SSSR count). The third kappa shape index (κ3) is 55.3. The van der Waals surface area contributed by atoms with Gasteiger partial charge in [0.25, 0.3) is 0 Å². The second kappa shape index (κ2) is 57.9. The SMILES string of the molecule is CC/C=C\C/C=C\C/C=C\C/C=C\C/C=C\C/C=C\C/C=C\CCCCCCCCCCCC(=O)OCC(COC(=O)CCCCCCC)OC(=O)CCCCCCC/C=C\CCCCCCCCC. The van der Waals surface area contributed by atoms with Crippen LogP contribution in [0.5, 0.6) is 0 Å². The maximum Gasteiger partial charge on any atom is 0.306 e. The van der Waals surface area contributed by atoms with E-state index in [4.69, 9.17) is 14.2 Å². The van der Waals surface area contributed by atoms with E-state index in [1.54, 1.807) is 0 Å². The number of ether oxygens (including phenoxy) is 3. The third-order valence-corrected chi connectivity index (χ3v) is 12.3. The summed E-state index contributed by atoms with van der Waals surface area (Å²) in [5.74, 6) is -0.908. The van der Waals surface area contributed by atoms with E-state index >= 15 is 0 Å². The van der Waals surface area contributed by atoms with Crippen LogP contribution in [0.1, 0.15) is 271 Å². The molecule has 0 aromatic rings. The monoisotopic (exact) mass is 973 g/mol. The summed E-state index contributed by atoms with van der Waals surface area (Å²) >= 11 is 0. The highest BCUT2D eigenvalue weighted by atomic mass is 16.6. The highest BCUT2D eigenvalue weighted by Crippen LogP contribution is 2.15. The molecule has 0 aliphatic carbocycles. The summed E-state index contributed by atoms with van der Waals surface area (Å²) in [4.78, 5) is 37.8. The van der Waals surface area contributed by atoms with Crippen LogP contribution in [0.2, 0.25) is 0 Å². The van der Waals surface area contributed by atoms with Crippen molar-refractivity contribution in [3.05, 3.63) is 97.2 Å². The number of esters is 3. The first kappa shape index (κ1) is 66.3. The van der Waals surface area contributed by atoms with Gasteiger partial charge >= 0.3 is 17.9 Å². The number of unbranched alkanes of at least 4 members (excludes halogenated alkanes) is 25. The zero-order valence-corrected chi connectivity index (χ0v) is 45.8. The highest BCUT2D eigenvalue weighted by molar-refractivity contribution is 5.71. The molecule has 6 nitrogen and oxygen atoms in total. The number of allylic oxidation sites excluding steroid dienone is 16. The van der Waals surface area contributed by atoms with Gasteiger partial charge in [0.1, 0.15) is 13.2 Å². The minimum atomic E-state index is -0.780. The van der Waals surface area contributed by atoms with Gasteiger partial charge in [-0.2, -0.15) is 0 Å². The van der Waals surface area contributed by atoms with E-state index in [-0.39, 0.29) is 31.1 Å². The summed E-state index contributed by atoms with van der Waals surface area (Å²) in [5, 5.41) is 0. The van der Waals surface area contributed by atoms with E-state index < -0.39 is 6.10 Å². The molecular weight excluding hydrogens is 865 g/mol. The fourth-order valence-electron chi connectivity index (χ4n) is 7.95. The quantitative estimate of drug-likeness (QED) is 0.0262. The molecule has 0 saturated carbocycles. The smallest absolute Gasteiger partial charge is 0.306 e. The molecule has 0 spiro atoms. The summed E-state index contributed by atoms with van der Waals surface area (Å²) in [6.45, 7) is 6.43. The normalized spacial score (nSPS) is 12.8. The van der Waals surface area contributed by atoms with Gasteiger partial charge in [-0.25, -0.2) is 0 Å². The van der Waals surface area contributed by atoms with Crippen molar-refractivity contribution in [1.29, 1.82) is 0 Å². The van der Waals surface area contributed by atoms with Crippen molar-refractivity contribution in [2.24, 2.45) is 0 Å². The van der Waals surface area contributed by atoms with Gasteiger partial charge in [-0.1, -0.05) is 246 Å². The van der Waals surface area contributed by atoms with Crippen LogP contribution in [-0.4, -0.2) is 37.2 Å². The van der Waals surface area contributed by atoms with E-state index in [0.29, 0.717) is 19.3 Å². The fraction of sp³-hybridized carbons (Fsp3) is 0.703. The lowest BCUT2D eigenvalue weighted by Crippen LogP contribution is -2.30. The van der Waals surface area contributed by atoms with Crippen molar-refractivity contribution in [1.82, 2.24) is 0 Å². The van der Waals surface area contributed by atoms with Crippen molar-refractivity contribution in [2.45, 2.75) is 277 Å². The summed E-state index contributed by atoms with van der Waals surface area (Å²) in [6.07, 6.45) is 77.3. The molecule has 0 fully saturated rings. The molecule has 400 valence electrons. The Hall–Kier alpha value is -3.67. The molecule has 1 unspecified atom stereocenters. The van der Waals surface area contributed by atoms with Gasteiger partial charge in [0.05, 0.1) is 0 Å². The Morgan fingerprint density at radius 3 is 0.886 bits per heavy atom. The average Bonchev–Trinajstić information content (AvgIpc) is 3.36. The second-order valence-electron chi connectivity index (χ2n) is 19.2. The van der Waals surface area contributed by atoms with Crippen LogP contribution >= 0.6 is 0 Å². The molecule has 0 aliphatic rings. The number of carbonyl (C=O) groups excluding carboxylic acids is 3. The van der Waals surface area contributed by atoms with E-state index in [9.17, 15) is 14.4 Å².